The van der Waals surface area contributed by atoms with E-state index in [0.717, 1.165) is 10.8 Å². The summed E-state index contributed by atoms with van der Waals surface area (Å²) in [6.45, 7) is 0. The van der Waals surface area contributed by atoms with E-state index >= 15 is 0 Å². The summed E-state index contributed by atoms with van der Waals surface area (Å²) < 4.78 is 1.41. The van der Waals surface area contributed by atoms with Gasteiger partial charge in [-0.1, -0.05) is 0 Å². The fraction of sp³-hybridized carbons (Fsp3) is 0. The largest absolute Gasteiger partial charge is 0.761 e. The molecule has 124 valence electrons. The maximum atomic E-state index is 8.88. The Hall–Kier alpha value is -3.47. The average molecular weight is 374 g/mol. The van der Waals surface area contributed by atoms with Gasteiger partial charge in [-0.3, -0.25) is 0 Å². The van der Waals surface area contributed by atoms with E-state index in [1.807, 2.05) is 24.1 Å². The van der Waals surface area contributed by atoms with Crippen molar-refractivity contribution in [2.45, 2.75) is 0 Å². The van der Waals surface area contributed by atoms with Gasteiger partial charge in [-0.15, -0.1) is 29.5 Å². The number of nitrogens with zero attached hydrogens (tertiary/aromatic N) is 6. The van der Waals surface area contributed by atoms with Crippen molar-refractivity contribution in [1.29, 1.82) is 15.8 Å². The van der Waals surface area contributed by atoms with Crippen LogP contribution in [-0.2, 0) is 0 Å². The van der Waals surface area contributed by atoms with Crippen molar-refractivity contribution in [1.82, 2.24) is 4.90 Å². The standard InChI is InChI=1S/C18H10N6S2/c19-9-15(10-20)23-5-1-13(2-6-23)17(25)18(26)14-3-7-24(8-4-14)16(11-21)12-22/h1-8,25-26H. The SMILES string of the molecule is N#CC(=C=[N-])N1C=CC(=C(S)C(S)=c2cc[n+](=C(C#N)C#N)cc2)C=C1. The highest BCUT2D eigenvalue weighted by Crippen LogP contribution is 2.26. The van der Waals surface area contributed by atoms with E-state index in [4.69, 9.17) is 21.2 Å². The van der Waals surface area contributed by atoms with E-state index in [0.29, 0.717) is 9.81 Å². The van der Waals surface area contributed by atoms with Gasteiger partial charge < -0.3 is 10.3 Å². The Labute approximate surface area is 160 Å². The fourth-order valence-corrected chi connectivity index (χ4v) is 2.58. The molecule has 2 rings (SSSR count). The molecule has 0 N–H and O–H groups in total. The Morgan fingerprint density at radius 3 is 2.00 bits per heavy atom. The van der Waals surface area contributed by atoms with Gasteiger partial charge >= 0.3 is 5.71 Å². The quantitative estimate of drug-likeness (QED) is 0.355. The smallest absolute Gasteiger partial charge is 0.367 e. The van der Waals surface area contributed by atoms with Gasteiger partial charge in [-0.05, 0) is 17.7 Å². The van der Waals surface area contributed by atoms with Gasteiger partial charge in [-0.25, -0.2) is 5.87 Å². The van der Waals surface area contributed by atoms with E-state index in [1.165, 1.54) is 9.14 Å². The summed E-state index contributed by atoms with van der Waals surface area (Å²) in [5, 5.41) is 36.3. The maximum Gasteiger partial charge on any atom is 0.367 e. The molecule has 0 aliphatic carbocycles. The Kier molecular flexibility index (Phi) is 6.22. The van der Waals surface area contributed by atoms with Gasteiger partial charge in [0.15, 0.2) is 24.5 Å². The van der Waals surface area contributed by atoms with Crippen LogP contribution in [0.5, 0.6) is 0 Å². The predicted molar refractivity (Wildman–Crippen MR) is 102 cm³/mol. The average Bonchev–Trinajstić information content (AvgIpc) is 2.70. The van der Waals surface area contributed by atoms with Gasteiger partial charge in [0.05, 0.1) is 0 Å². The lowest BCUT2D eigenvalue weighted by molar-refractivity contribution is -0.515. The molecule has 0 radical (unpaired) electrons. The van der Waals surface area contributed by atoms with Crippen LogP contribution in [0.1, 0.15) is 0 Å². The van der Waals surface area contributed by atoms with Crippen LogP contribution >= 0.6 is 25.3 Å². The topological polar surface area (TPSA) is 103 Å². The monoisotopic (exact) mass is 374 g/mol. The Morgan fingerprint density at radius 1 is 0.962 bits per heavy atom. The first-order valence-corrected chi connectivity index (χ1v) is 7.95. The summed E-state index contributed by atoms with van der Waals surface area (Å²) in [7, 11) is 0. The summed E-state index contributed by atoms with van der Waals surface area (Å²) in [5.74, 6) is 1.81. The minimum absolute atomic E-state index is 0.0398. The van der Waals surface area contributed by atoms with E-state index in [9.17, 15) is 0 Å². The minimum atomic E-state index is -0.0398. The van der Waals surface area contributed by atoms with Crippen LogP contribution in [0.15, 0.2) is 65.3 Å². The summed E-state index contributed by atoms with van der Waals surface area (Å²) >= 11 is 9.00. The van der Waals surface area contributed by atoms with Gasteiger partial charge in [0.1, 0.15) is 11.8 Å². The van der Waals surface area contributed by atoms with Gasteiger partial charge in [-0.2, -0.15) is 15.8 Å². The second kappa shape index (κ2) is 8.58. The third-order valence-corrected chi connectivity index (χ3v) is 4.51. The lowest BCUT2D eigenvalue weighted by Crippen LogP contribution is -2.23. The van der Waals surface area contributed by atoms with Crippen molar-refractivity contribution < 1.29 is 4.24 Å². The molecule has 2 heterocycles. The summed E-state index contributed by atoms with van der Waals surface area (Å²) in [6.07, 6.45) is 9.80. The zero-order valence-electron chi connectivity index (χ0n) is 13.2. The van der Waals surface area contributed by atoms with Gasteiger partial charge in [0, 0.05) is 39.6 Å². The highest BCUT2D eigenvalue weighted by molar-refractivity contribution is 7.94. The Morgan fingerprint density at radius 2 is 1.54 bits per heavy atom. The van der Waals surface area contributed by atoms with Crippen LogP contribution in [0.4, 0.5) is 0 Å². The zero-order chi connectivity index (χ0) is 19.1. The van der Waals surface area contributed by atoms with Crippen LogP contribution in [0.25, 0.3) is 10.3 Å². The van der Waals surface area contributed by atoms with Crippen LogP contribution < -0.4 is 9.46 Å². The third kappa shape index (κ3) is 3.95. The Bertz CT molecular complexity index is 1090. The molecule has 6 nitrogen and oxygen atoms in total. The molecule has 1 aliphatic rings. The van der Waals surface area contributed by atoms with E-state index in [1.54, 1.807) is 49.1 Å². The molecule has 26 heavy (non-hydrogen) atoms. The molecule has 1 aliphatic heterocycles. The fourth-order valence-electron chi connectivity index (χ4n) is 2.02. The summed E-state index contributed by atoms with van der Waals surface area (Å²) in [4.78, 5) is 2.60. The molecule has 0 spiro atoms. The van der Waals surface area contributed by atoms with Crippen molar-refractivity contribution in [3.8, 4) is 18.2 Å². The minimum Gasteiger partial charge on any atom is -0.761 e. The third-order valence-electron chi connectivity index (χ3n) is 3.37. The Balaban J connectivity index is 2.45. The summed E-state index contributed by atoms with van der Waals surface area (Å²) in [5.41, 5.74) is 0.673. The zero-order valence-corrected chi connectivity index (χ0v) is 15.0. The van der Waals surface area contributed by atoms with Crippen LogP contribution in [0.2, 0.25) is 0 Å². The first-order chi connectivity index (χ1) is 12.5. The number of allylic oxidation sites excluding steroid dienone is 4. The van der Waals surface area contributed by atoms with Crippen LogP contribution in [-0.4, -0.2) is 10.8 Å². The molecule has 0 atom stereocenters. The molecule has 8 heteroatoms. The molecule has 0 saturated carbocycles. The number of hydrogen-bond donors (Lipinski definition) is 2. The van der Waals surface area contributed by atoms with Gasteiger partial charge in [0.25, 0.3) is 0 Å². The molecule has 0 aromatic carbocycles. The first-order valence-electron chi connectivity index (χ1n) is 7.06. The lowest BCUT2D eigenvalue weighted by atomic mass is 10.1. The molecular formula is C18H10N6S2. The molecule has 0 amide bonds. The molecule has 0 fully saturated rings. The number of hydrogen-bond acceptors (Lipinski definition) is 6. The number of aromatic nitrogens is 1. The first kappa shape index (κ1) is 18.9. The molecule has 0 saturated heterocycles. The maximum absolute atomic E-state index is 8.88. The molecule has 1 aromatic heterocycles. The summed E-state index contributed by atoms with van der Waals surface area (Å²) in [6, 6.07) is 8.87. The molecule has 0 unspecified atom stereocenters. The number of pyridine rings is 1. The highest BCUT2D eigenvalue weighted by Gasteiger charge is 2.09. The van der Waals surface area contributed by atoms with Crippen molar-refractivity contribution in [2.75, 3.05) is 0 Å². The lowest BCUT2D eigenvalue weighted by Gasteiger charge is -2.17. The van der Waals surface area contributed by atoms with E-state index in [2.05, 4.69) is 25.3 Å². The van der Waals surface area contributed by atoms with Gasteiger partial charge in [0.2, 0.25) is 0 Å². The number of rotatable bonds is 2. The van der Waals surface area contributed by atoms with Crippen molar-refractivity contribution in [3.05, 3.63) is 81.6 Å². The van der Waals surface area contributed by atoms with Crippen molar-refractivity contribution >= 4 is 36.0 Å². The predicted octanol–water partition coefficient (Wildman–Crippen LogP) is 1.61. The van der Waals surface area contributed by atoms with Crippen molar-refractivity contribution in [2.24, 2.45) is 0 Å². The van der Waals surface area contributed by atoms with Crippen LogP contribution in [0.3, 0.4) is 0 Å². The van der Waals surface area contributed by atoms with Crippen LogP contribution in [0, 0.1) is 39.7 Å². The van der Waals surface area contributed by atoms with E-state index in [-0.39, 0.29) is 11.4 Å². The second-order valence-corrected chi connectivity index (χ2v) is 5.72. The normalized spacial score (nSPS) is 11.7. The number of nitriles is 3. The van der Waals surface area contributed by atoms with Crippen molar-refractivity contribution in [3.63, 3.8) is 0 Å². The number of thiol groups is 2. The molecular weight excluding hydrogens is 364 g/mol. The second-order valence-electron chi connectivity index (χ2n) is 4.83. The highest BCUT2D eigenvalue weighted by atomic mass is 32.1. The molecule has 0 bridgehead atoms. The molecule has 1 aromatic rings. The van der Waals surface area contributed by atoms with E-state index < -0.39 is 0 Å².